The average Bonchev–Trinajstić information content (AvgIpc) is 2.51. The summed E-state index contributed by atoms with van der Waals surface area (Å²) in [5.74, 6) is -3.33. The molecule has 2 amide bonds. The van der Waals surface area contributed by atoms with Gasteiger partial charge in [0.25, 0.3) is 11.8 Å². The number of rotatable bonds is 2. The largest absolute Gasteiger partial charge is 0.508 e. The van der Waals surface area contributed by atoms with Crippen molar-refractivity contribution in [2.45, 2.75) is 6.17 Å². The van der Waals surface area contributed by atoms with Crippen molar-refractivity contribution in [1.82, 2.24) is 10.2 Å². The van der Waals surface area contributed by atoms with Crippen LogP contribution in [0.5, 0.6) is 0 Å². The monoisotopic (exact) mass is 319 g/mol. The van der Waals surface area contributed by atoms with E-state index in [-0.39, 0.29) is 17.0 Å². The van der Waals surface area contributed by atoms with Gasteiger partial charge in [0.2, 0.25) is 0 Å². The molecule has 0 radical (unpaired) electrons. The summed E-state index contributed by atoms with van der Waals surface area (Å²) in [6.07, 6.45) is 4.62. The van der Waals surface area contributed by atoms with Crippen LogP contribution in [0.1, 0.15) is 0 Å². The summed E-state index contributed by atoms with van der Waals surface area (Å²) in [6, 6.07) is 2.67. The summed E-state index contributed by atoms with van der Waals surface area (Å²) in [4.78, 5) is 25.6. The Labute approximate surface area is 129 Å². The Kier molecular flexibility index (Phi) is 3.57. The molecule has 3 rings (SSSR count). The summed E-state index contributed by atoms with van der Waals surface area (Å²) in [5.41, 5.74) is -0.520. The first-order valence-corrected chi connectivity index (χ1v) is 6.60. The fourth-order valence-corrected chi connectivity index (χ4v) is 2.21. The minimum Gasteiger partial charge on any atom is -0.508 e. The number of hydrogen-bond acceptors (Lipinski definition) is 4. The van der Waals surface area contributed by atoms with Crippen LogP contribution in [0.2, 0.25) is 0 Å². The maximum Gasteiger partial charge on any atom is 0.266 e. The molecule has 1 unspecified atom stereocenters. The van der Waals surface area contributed by atoms with Crippen molar-refractivity contribution in [2.75, 3.05) is 5.32 Å². The fourth-order valence-electron chi connectivity index (χ4n) is 2.21. The van der Waals surface area contributed by atoms with E-state index in [0.717, 1.165) is 23.2 Å². The van der Waals surface area contributed by atoms with Crippen LogP contribution in [0.15, 0.2) is 54.1 Å². The number of nitrogens with one attached hydrogen (secondary N) is 2. The standard InChI is InChI=1S/C15H11F2N3O3/c16-8-3-4-11(10(17)6-8)19-14(22)9-7-18-13-12(21)2-1-5-20(13)15(9)23/h1-7,13,18,21H,(H,19,22). The van der Waals surface area contributed by atoms with E-state index >= 15 is 0 Å². The maximum absolute atomic E-state index is 13.6. The third-order valence-corrected chi connectivity index (χ3v) is 3.35. The number of allylic oxidation sites excluding steroid dienone is 2. The van der Waals surface area contributed by atoms with Crippen molar-refractivity contribution >= 4 is 17.5 Å². The van der Waals surface area contributed by atoms with Gasteiger partial charge in [0.1, 0.15) is 23.0 Å². The van der Waals surface area contributed by atoms with Gasteiger partial charge in [-0.1, -0.05) is 0 Å². The number of fused-ring (bicyclic) bond motifs is 1. The lowest BCUT2D eigenvalue weighted by Gasteiger charge is -2.34. The Bertz CT molecular complexity index is 786. The summed E-state index contributed by atoms with van der Waals surface area (Å²) in [6.45, 7) is 0. The number of hydrogen-bond donors (Lipinski definition) is 3. The van der Waals surface area contributed by atoms with Crippen LogP contribution in [0.4, 0.5) is 14.5 Å². The summed E-state index contributed by atoms with van der Waals surface area (Å²) in [5, 5.41) is 14.6. The average molecular weight is 319 g/mol. The Morgan fingerprint density at radius 3 is 2.87 bits per heavy atom. The first kappa shape index (κ1) is 14.8. The number of aliphatic hydroxyl groups excluding tert-OH is 1. The van der Waals surface area contributed by atoms with E-state index in [4.69, 9.17) is 0 Å². The second-order valence-electron chi connectivity index (χ2n) is 4.85. The molecule has 0 bridgehead atoms. The van der Waals surface area contributed by atoms with E-state index in [9.17, 15) is 23.5 Å². The summed E-state index contributed by atoms with van der Waals surface area (Å²) >= 11 is 0. The zero-order chi connectivity index (χ0) is 16.6. The molecule has 0 aliphatic carbocycles. The molecular weight excluding hydrogens is 308 g/mol. The third-order valence-electron chi connectivity index (χ3n) is 3.35. The Balaban J connectivity index is 1.81. The van der Waals surface area contributed by atoms with Crippen LogP contribution < -0.4 is 10.6 Å². The molecule has 6 nitrogen and oxygen atoms in total. The summed E-state index contributed by atoms with van der Waals surface area (Å²) in [7, 11) is 0. The van der Waals surface area contributed by atoms with Crippen LogP contribution in [-0.2, 0) is 9.59 Å². The molecule has 0 spiro atoms. The molecule has 1 aromatic carbocycles. The minimum atomic E-state index is -0.952. The number of carbonyl (C=O) groups excluding carboxylic acids is 2. The van der Waals surface area contributed by atoms with Gasteiger partial charge >= 0.3 is 0 Å². The van der Waals surface area contributed by atoms with Crippen molar-refractivity contribution in [2.24, 2.45) is 0 Å². The van der Waals surface area contributed by atoms with Crippen LogP contribution in [0.3, 0.4) is 0 Å². The van der Waals surface area contributed by atoms with E-state index in [1.54, 1.807) is 0 Å². The number of amides is 2. The first-order chi connectivity index (χ1) is 11.0. The van der Waals surface area contributed by atoms with Gasteiger partial charge in [-0.2, -0.15) is 0 Å². The molecule has 1 atom stereocenters. The van der Waals surface area contributed by atoms with E-state index in [2.05, 4.69) is 10.6 Å². The van der Waals surface area contributed by atoms with Gasteiger partial charge in [0.15, 0.2) is 6.17 Å². The molecular formula is C15H11F2N3O3. The van der Waals surface area contributed by atoms with Crippen LogP contribution in [0, 0.1) is 11.6 Å². The number of aliphatic hydroxyl groups is 1. The molecule has 0 aromatic heterocycles. The van der Waals surface area contributed by atoms with E-state index < -0.39 is 29.6 Å². The zero-order valence-electron chi connectivity index (χ0n) is 11.6. The van der Waals surface area contributed by atoms with Crippen molar-refractivity contribution in [3.8, 4) is 0 Å². The maximum atomic E-state index is 13.6. The second kappa shape index (κ2) is 5.56. The molecule has 0 fully saturated rings. The van der Waals surface area contributed by atoms with Gasteiger partial charge in [-0.15, -0.1) is 0 Å². The topological polar surface area (TPSA) is 81.7 Å². The van der Waals surface area contributed by atoms with Gasteiger partial charge in [-0.05, 0) is 24.3 Å². The van der Waals surface area contributed by atoms with Crippen molar-refractivity contribution in [1.29, 1.82) is 0 Å². The quantitative estimate of drug-likeness (QED) is 0.722. The van der Waals surface area contributed by atoms with Crippen LogP contribution in [-0.4, -0.2) is 28.0 Å². The molecule has 118 valence electrons. The van der Waals surface area contributed by atoms with Crippen LogP contribution >= 0.6 is 0 Å². The smallest absolute Gasteiger partial charge is 0.266 e. The lowest BCUT2D eigenvalue weighted by atomic mass is 10.1. The highest BCUT2D eigenvalue weighted by Crippen LogP contribution is 2.21. The highest BCUT2D eigenvalue weighted by Gasteiger charge is 2.35. The first-order valence-electron chi connectivity index (χ1n) is 6.60. The van der Waals surface area contributed by atoms with Gasteiger partial charge < -0.3 is 15.7 Å². The predicted octanol–water partition coefficient (Wildman–Crippen LogP) is 1.51. The van der Waals surface area contributed by atoms with Crippen molar-refractivity contribution in [3.63, 3.8) is 0 Å². The lowest BCUT2D eigenvalue weighted by Crippen LogP contribution is -2.51. The van der Waals surface area contributed by atoms with Gasteiger partial charge in [-0.3, -0.25) is 14.5 Å². The SMILES string of the molecule is O=C(Nc1ccc(F)cc1F)C1=CNC2C(O)=CC=CN2C1=O. The summed E-state index contributed by atoms with van der Waals surface area (Å²) < 4.78 is 26.4. The van der Waals surface area contributed by atoms with Crippen molar-refractivity contribution < 1.29 is 23.5 Å². The van der Waals surface area contributed by atoms with Gasteiger partial charge in [0.05, 0.1) is 5.69 Å². The molecule has 0 saturated carbocycles. The molecule has 8 heteroatoms. The van der Waals surface area contributed by atoms with Crippen LogP contribution in [0.25, 0.3) is 0 Å². The molecule has 3 N–H and O–H groups in total. The van der Waals surface area contributed by atoms with Gasteiger partial charge in [0, 0.05) is 18.5 Å². The normalized spacial score (nSPS) is 19.5. The Hall–Kier alpha value is -3.16. The van der Waals surface area contributed by atoms with Gasteiger partial charge in [-0.25, -0.2) is 8.78 Å². The molecule has 0 saturated heterocycles. The van der Waals surface area contributed by atoms with E-state index in [1.807, 2.05) is 0 Å². The van der Waals surface area contributed by atoms with E-state index in [1.165, 1.54) is 18.4 Å². The number of anilines is 1. The second-order valence-corrected chi connectivity index (χ2v) is 4.85. The zero-order valence-corrected chi connectivity index (χ0v) is 11.6. The minimum absolute atomic E-state index is 0.0823. The number of nitrogens with zero attached hydrogens (tertiary/aromatic N) is 1. The number of halogens is 2. The highest BCUT2D eigenvalue weighted by molar-refractivity contribution is 6.23. The fraction of sp³-hybridized carbons (Fsp3) is 0.0667. The highest BCUT2D eigenvalue weighted by atomic mass is 19.1. The molecule has 1 aromatic rings. The molecule has 2 aliphatic rings. The lowest BCUT2D eigenvalue weighted by molar-refractivity contribution is -0.130. The number of benzene rings is 1. The molecule has 23 heavy (non-hydrogen) atoms. The van der Waals surface area contributed by atoms with E-state index in [0.29, 0.717) is 6.07 Å². The number of carbonyl (C=O) groups is 2. The Morgan fingerprint density at radius 2 is 2.13 bits per heavy atom. The molecule has 2 aliphatic heterocycles. The third kappa shape index (κ3) is 2.66. The predicted molar refractivity (Wildman–Crippen MR) is 76.7 cm³/mol. The Morgan fingerprint density at radius 1 is 1.35 bits per heavy atom. The van der Waals surface area contributed by atoms with Crippen molar-refractivity contribution in [3.05, 3.63) is 65.7 Å². The molecule has 2 heterocycles.